The summed E-state index contributed by atoms with van der Waals surface area (Å²) in [5, 5.41) is 3.68. The van der Waals surface area contributed by atoms with Crippen LogP contribution in [0.3, 0.4) is 0 Å². The Morgan fingerprint density at radius 2 is 1.80 bits per heavy atom. The van der Waals surface area contributed by atoms with E-state index in [1.807, 2.05) is 41.8 Å². The van der Waals surface area contributed by atoms with Gasteiger partial charge >= 0.3 is 0 Å². The average molecular weight is 334 g/mol. The van der Waals surface area contributed by atoms with Gasteiger partial charge in [-0.25, -0.2) is 0 Å². The lowest BCUT2D eigenvalue weighted by molar-refractivity contribution is -0.122. The molecular formula is C21H22N2O2. The molecule has 0 saturated heterocycles. The number of benzene rings is 2. The van der Waals surface area contributed by atoms with Crippen LogP contribution < -0.4 is 10.7 Å². The molecule has 2 aromatic carbocycles. The zero-order valence-electron chi connectivity index (χ0n) is 14.5. The first kappa shape index (κ1) is 17.0. The van der Waals surface area contributed by atoms with E-state index in [1.54, 1.807) is 12.3 Å². The summed E-state index contributed by atoms with van der Waals surface area (Å²) in [6, 6.07) is 17.1. The number of rotatable bonds is 5. The molecule has 3 rings (SSSR count). The van der Waals surface area contributed by atoms with E-state index < -0.39 is 0 Å². The number of nitrogens with one attached hydrogen (secondary N) is 1. The second-order valence-electron chi connectivity index (χ2n) is 6.42. The number of hydrogen-bond acceptors (Lipinski definition) is 2. The van der Waals surface area contributed by atoms with Crippen molar-refractivity contribution in [3.05, 3.63) is 82.1 Å². The van der Waals surface area contributed by atoms with Crippen LogP contribution in [0.15, 0.2) is 65.6 Å². The maximum absolute atomic E-state index is 12.4. The first-order valence-electron chi connectivity index (χ1n) is 8.46. The van der Waals surface area contributed by atoms with Crippen LogP contribution >= 0.6 is 0 Å². The maximum atomic E-state index is 12.4. The second-order valence-corrected chi connectivity index (χ2v) is 6.42. The molecule has 3 aromatic rings. The highest BCUT2D eigenvalue weighted by molar-refractivity contribution is 5.82. The number of pyridine rings is 1. The first-order chi connectivity index (χ1) is 12.0. The highest BCUT2D eigenvalue weighted by Gasteiger charge is 2.11. The van der Waals surface area contributed by atoms with E-state index in [4.69, 9.17) is 0 Å². The molecule has 1 amide bonds. The van der Waals surface area contributed by atoms with Crippen LogP contribution in [0, 0.1) is 6.92 Å². The Balaban J connectivity index is 1.70. The molecule has 0 aliphatic rings. The highest BCUT2D eigenvalue weighted by atomic mass is 16.2. The van der Waals surface area contributed by atoms with Crippen molar-refractivity contribution in [3.63, 3.8) is 0 Å². The lowest BCUT2D eigenvalue weighted by Gasteiger charge is -2.17. The molecule has 0 spiro atoms. The Morgan fingerprint density at radius 1 is 1.08 bits per heavy atom. The van der Waals surface area contributed by atoms with Gasteiger partial charge in [-0.05, 0) is 43.5 Å². The molecule has 25 heavy (non-hydrogen) atoms. The Kier molecular flexibility index (Phi) is 4.98. The number of para-hydroxylation sites is 1. The second kappa shape index (κ2) is 7.34. The third-order valence-electron chi connectivity index (χ3n) is 4.39. The molecule has 4 nitrogen and oxygen atoms in total. The highest BCUT2D eigenvalue weighted by Crippen LogP contribution is 2.11. The predicted molar refractivity (Wildman–Crippen MR) is 101 cm³/mol. The Hall–Kier alpha value is -2.88. The number of fused-ring (bicyclic) bond motifs is 1. The first-order valence-corrected chi connectivity index (χ1v) is 8.46. The maximum Gasteiger partial charge on any atom is 0.240 e. The molecule has 4 heteroatoms. The number of aromatic nitrogens is 1. The van der Waals surface area contributed by atoms with Crippen LogP contribution in [0.5, 0.6) is 0 Å². The van der Waals surface area contributed by atoms with Crippen molar-refractivity contribution in [1.82, 2.24) is 9.88 Å². The van der Waals surface area contributed by atoms with Crippen molar-refractivity contribution in [3.8, 4) is 0 Å². The molecule has 0 radical (unpaired) electrons. The zero-order valence-corrected chi connectivity index (χ0v) is 14.5. The van der Waals surface area contributed by atoms with Crippen molar-refractivity contribution >= 4 is 16.8 Å². The summed E-state index contributed by atoms with van der Waals surface area (Å²) in [6.45, 7) is 4.28. The summed E-state index contributed by atoms with van der Waals surface area (Å²) < 4.78 is 1.81. The van der Waals surface area contributed by atoms with Gasteiger partial charge in [0.25, 0.3) is 0 Å². The molecule has 1 N–H and O–H groups in total. The lowest BCUT2D eigenvalue weighted by atomic mass is 10.0. The molecule has 0 unspecified atom stereocenters. The van der Waals surface area contributed by atoms with E-state index in [9.17, 15) is 9.59 Å². The summed E-state index contributed by atoms with van der Waals surface area (Å²) >= 11 is 0. The van der Waals surface area contributed by atoms with Gasteiger partial charge in [0.15, 0.2) is 5.43 Å². The number of amides is 1. The van der Waals surface area contributed by atoms with Gasteiger partial charge in [-0.2, -0.15) is 0 Å². The third kappa shape index (κ3) is 3.97. The largest absolute Gasteiger partial charge is 0.352 e. The van der Waals surface area contributed by atoms with Crippen LogP contribution in [0.4, 0.5) is 0 Å². The van der Waals surface area contributed by atoms with Gasteiger partial charge < -0.3 is 9.88 Å². The summed E-state index contributed by atoms with van der Waals surface area (Å²) in [6.07, 6.45) is 2.47. The summed E-state index contributed by atoms with van der Waals surface area (Å²) in [7, 11) is 0. The average Bonchev–Trinajstić information content (AvgIpc) is 2.59. The summed E-state index contributed by atoms with van der Waals surface area (Å²) in [5.74, 6) is -0.0603. The fraction of sp³-hybridized carbons (Fsp3) is 0.238. The zero-order chi connectivity index (χ0) is 17.8. The van der Waals surface area contributed by atoms with E-state index in [0.717, 1.165) is 11.9 Å². The standard InChI is InChI=1S/C21H22N2O2/c1-15-7-3-4-8-17(15)13-16(2)22-21(25)14-23-12-11-20(24)18-9-5-6-10-19(18)23/h3-12,16H,13-14H2,1-2H3,(H,22,25)/t16-/m0/s1. The minimum absolute atomic E-state index is 0.0276. The molecular weight excluding hydrogens is 312 g/mol. The molecule has 0 aliphatic heterocycles. The lowest BCUT2D eigenvalue weighted by Crippen LogP contribution is -2.36. The van der Waals surface area contributed by atoms with E-state index >= 15 is 0 Å². The van der Waals surface area contributed by atoms with Crippen molar-refractivity contribution in [2.24, 2.45) is 0 Å². The van der Waals surface area contributed by atoms with Gasteiger partial charge in [-0.3, -0.25) is 9.59 Å². The topological polar surface area (TPSA) is 51.1 Å². The number of carbonyl (C=O) groups is 1. The van der Waals surface area contributed by atoms with E-state index in [0.29, 0.717) is 5.39 Å². The minimum atomic E-state index is -0.0603. The predicted octanol–water partition coefficient (Wildman–Crippen LogP) is 3.06. The molecule has 0 aliphatic carbocycles. The molecule has 1 atom stereocenters. The van der Waals surface area contributed by atoms with Crippen LogP contribution in [-0.4, -0.2) is 16.5 Å². The van der Waals surface area contributed by atoms with Crippen LogP contribution in [0.2, 0.25) is 0 Å². The minimum Gasteiger partial charge on any atom is -0.352 e. The van der Waals surface area contributed by atoms with Gasteiger partial charge in [0.05, 0.1) is 5.52 Å². The molecule has 0 bridgehead atoms. The van der Waals surface area contributed by atoms with E-state index in [-0.39, 0.29) is 23.9 Å². The quantitative estimate of drug-likeness (QED) is 0.780. The number of hydrogen-bond donors (Lipinski definition) is 1. The molecule has 1 aromatic heterocycles. The molecule has 0 fully saturated rings. The van der Waals surface area contributed by atoms with Crippen molar-refractivity contribution in [2.45, 2.75) is 32.9 Å². The fourth-order valence-electron chi connectivity index (χ4n) is 3.09. The SMILES string of the molecule is Cc1ccccc1C[C@H](C)NC(=O)Cn1ccc(=O)c2ccccc21. The van der Waals surface area contributed by atoms with Gasteiger partial charge in [0, 0.05) is 23.7 Å². The molecule has 1 heterocycles. The van der Waals surface area contributed by atoms with Crippen LogP contribution in [0.25, 0.3) is 10.9 Å². The van der Waals surface area contributed by atoms with Gasteiger partial charge in [-0.15, -0.1) is 0 Å². The molecule has 0 saturated carbocycles. The van der Waals surface area contributed by atoms with Crippen LogP contribution in [0.1, 0.15) is 18.1 Å². The normalized spacial score (nSPS) is 12.1. The fourth-order valence-corrected chi connectivity index (χ4v) is 3.09. The monoisotopic (exact) mass is 334 g/mol. The molecule has 128 valence electrons. The van der Waals surface area contributed by atoms with Crippen molar-refractivity contribution < 1.29 is 4.79 Å². The van der Waals surface area contributed by atoms with Gasteiger partial charge in [0.1, 0.15) is 6.54 Å². The van der Waals surface area contributed by atoms with Crippen molar-refractivity contribution in [2.75, 3.05) is 0 Å². The number of nitrogens with zero attached hydrogens (tertiary/aromatic N) is 1. The Labute approximate surface area is 147 Å². The smallest absolute Gasteiger partial charge is 0.240 e. The van der Waals surface area contributed by atoms with Crippen LogP contribution in [-0.2, 0) is 17.8 Å². The summed E-state index contributed by atoms with van der Waals surface area (Å²) in [5.41, 5.74) is 3.22. The Bertz CT molecular complexity index is 959. The van der Waals surface area contributed by atoms with Crippen molar-refractivity contribution in [1.29, 1.82) is 0 Å². The number of aryl methyl sites for hydroxylation is 1. The van der Waals surface area contributed by atoms with E-state index in [2.05, 4.69) is 24.4 Å². The third-order valence-corrected chi connectivity index (χ3v) is 4.39. The van der Waals surface area contributed by atoms with Gasteiger partial charge in [-0.1, -0.05) is 36.4 Å². The number of carbonyl (C=O) groups excluding carboxylic acids is 1. The Morgan fingerprint density at radius 3 is 2.60 bits per heavy atom. The van der Waals surface area contributed by atoms with E-state index in [1.165, 1.54) is 17.2 Å². The summed E-state index contributed by atoms with van der Waals surface area (Å²) in [4.78, 5) is 24.3. The van der Waals surface area contributed by atoms with Gasteiger partial charge in [0.2, 0.25) is 5.91 Å².